The molecule has 0 radical (unpaired) electrons. The molecule has 1 aromatic rings. The number of carbonyl (C=O) groups is 1. The minimum atomic E-state index is -0.845. The van der Waals surface area contributed by atoms with Crippen molar-refractivity contribution in [3.63, 3.8) is 0 Å². The van der Waals surface area contributed by atoms with Crippen molar-refractivity contribution in [2.45, 2.75) is 37.8 Å². The quantitative estimate of drug-likeness (QED) is 0.510. The zero-order valence-corrected chi connectivity index (χ0v) is 12.5. The van der Waals surface area contributed by atoms with E-state index in [2.05, 4.69) is 0 Å². The number of benzene rings is 1. The number of nitrogens with zero attached hydrogens (tertiary/aromatic N) is 2. The van der Waals surface area contributed by atoms with E-state index in [0.717, 1.165) is 37.8 Å². The third-order valence-electron chi connectivity index (χ3n) is 4.54. The highest BCUT2D eigenvalue weighted by molar-refractivity contribution is 6.01. The van der Waals surface area contributed by atoms with E-state index in [1.165, 1.54) is 0 Å². The Labute approximate surface area is 132 Å². The Morgan fingerprint density at radius 3 is 2.87 bits per heavy atom. The van der Waals surface area contributed by atoms with Gasteiger partial charge in [0.2, 0.25) is 0 Å². The molecule has 2 atom stereocenters. The molecule has 2 aliphatic rings. The summed E-state index contributed by atoms with van der Waals surface area (Å²) in [5, 5.41) is 11.0. The number of morpholine rings is 1. The summed E-state index contributed by atoms with van der Waals surface area (Å²) in [7, 11) is 0. The molecular formula is C15H18FN3O4. The van der Waals surface area contributed by atoms with Crippen molar-refractivity contribution in [1.82, 2.24) is 4.90 Å². The van der Waals surface area contributed by atoms with Gasteiger partial charge in [0, 0.05) is 6.54 Å². The largest absolute Gasteiger partial charge is 0.393 e. The number of hydrogen-bond donors (Lipinski definition) is 1. The molecule has 1 heterocycles. The molecule has 0 aromatic heterocycles. The fourth-order valence-corrected chi connectivity index (χ4v) is 3.43. The van der Waals surface area contributed by atoms with Crippen LogP contribution in [0.15, 0.2) is 12.1 Å². The second-order valence-corrected chi connectivity index (χ2v) is 5.90. The summed E-state index contributed by atoms with van der Waals surface area (Å²) in [5.74, 6) is -1.31. The van der Waals surface area contributed by atoms with Crippen LogP contribution in [0.2, 0.25) is 0 Å². The van der Waals surface area contributed by atoms with Gasteiger partial charge in [-0.15, -0.1) is 0 Å². The first-order chi connectivity index (χ1) is 11.0. The van der Waals surface area contributed by atoms with Crippen molar-refractivity contribution >= 4 is 17.3 Å². The molecule has 1 aromatic carbocycles. The van der Waals surface area contributed by atoms with Crippen LogP contribution in [0.3, 0.4) is 0 Å². The van der Waals surface area contributed by atoms with Crippen molar-refractivity contribution in [2.75, 3.05) is 18.9 Å². The standard InChI is InChI=1S/C15H18FN3O4/c16-9-7-10(14(17)12(8-9)19(21)22)15(20)18-5-6-23-13-4-2-1-3-11(13)18/h7-8,11,13H,1-6,17H2/t11-,13+/m0/s1. The van der Waals surface area contributed by atoms with Gasteiger partial charge in [-0.2, -0.15) is 0 Å². The van der Waals surface area contributed by atoms with Crippen LogP contribution in [0.4, 0.5) is 15.8 Å². The Hall–Kier alpha value is -2.22. The molecule has 0 bridgehead atoms. The van der Waals surface area contributed by atoms with Gasteiger partial charge in [-0.1, -0.05) is 12.8 Å². The fourth-order valence-electron chi connectivity index (χ4n) is 3.43. The molecule has 1 aliphatic heterocycles. The van der Waals surface area contributed by atoms with Gasteiger partial charge in [0.1, 0.15) is 11.5 Å². The summed E-state index contributed by atoms with van der Waals surface area (Å²) in [6.07, 6.45) is 3.72. The van der Waals surface area contributed by atoms with Gasteiger partial charge in [-0.05, 0) is 18.9 Å². The number of ether oxygens (including phenoxy) is 1. The molecule has 2 fully saturated rings. The van der Waals surface area contributed by atoms with Crippen molar-refractivity contribution < 1.29 is 18.8 Å². The first-order valence-corrected chi connectivity index (χ1v) is 7.65. The van der Waals surface area contributed by atoms with E-state index in [1.807, 2.05) is 0 Å². The summed E-state index contributed by atoms with van der Waals surface area (Å²) in [4.78, 5) is 24.6. The van der Waals surface area contributed by atoms with E-state index in [-0.39, 0.29) is 23.4 Å². The van der Waals surface area contributed by atoms with Gasteiger partial charge < -0.3 is 15.4 Å². The lowest BCUT2D eigenvalue weighted by Gasteiger charge is -2.43. The Morgan fingerprint density at radius 2 is 2.13 bits per heavy atom. The normalized spacial score (nSPS) is 24.1. The first-order valence-electron chi connectivity index (χ1n) is 7.65. The van der Waals surface area contributed by atoms with Gasteiger partial charge in [0.05, 0.1) is 35.3 Å². The molecule has 7 nitrogen and oxygen atoms in total. The molecule has 3 rings (SSSR count). The number of hydrogen-bond acceptors (Lipinski definition) is 5. The molecule has 23 heavy (non-hydrogen) atoms. The number of nitro groups is 1. The number of halogens is 1. The Bertz CT molecular complexity index is 650. The zero-order valence-electron chi connectivity index (χ0n) is 12.5. The summed E-state index contributed by atoms with van der Waals surface area (Å²) in [6, 6.07) is 1.62. The van der Waals surface area contributed by atoms with E-state index < -0.39 is 22.3 Å². The number of carbonyl (C=O) groups excluding carboxylic acids is 1. The number of fused-ring (bicyclic) bond motifs is 1. The van der Waals surface area contributed by atoms with E-state index in [1.54, 1.807) is 4.90 Å². The molecule has 1 aliphatic carbocycles. The maximum atomic E-state index is 13.7. The van der Waals surface area contributed by atoms with Gasteiger partial charge in [0.25, 0.3) is 11.6 Å². The van der Waals surface area contributed by atoms with Gasteiger partial charge in [-0.25, -0.2) is 4.39 Å². The molecule has 1 saturated carbocycles. The van der Waals surface area contributed by atoms with Crippen LogP contribution in [0.5, 0.6) is 0 Å². The summed E-state index contributed by atoms with van der Waals surface area (Å²) >= 11 is 0. The van der Waals surface area contributed by atoms with Crippen LogP contribution in [0.25, 0.3) is 0 Å². The summed E-state index contributed by atoms with van der Waals surface area (Å²) < 4.78 is 19.4. The highest BCUT2D eigenvalue weighted by Crippen LogP contribution is 2.32. The predicted octanol–water partition coefficient (Wildman–Crippen LogP) is 2.10. The highest BCUT2D eigenvalue weighted by atomic mass is 19.1. The lowest BCUT2D eigenvalue weighted by Crippen LogP contribution is -2.54. The third-order valence-corrected chi connectivity index (χ3v) is 4.54. The second-order valence-electron chi connectivity index (χ2n) is 5.90. The average Bonchev–Trinajstić information content (AvgIpc) is 2.55. The fraction of sp³-hybridized carbons (Fsp3) is 0.533. The van der Waals surface area contributed by atoms with Gasteiger partial charge in [0.15, 0.2) is 0 Å². The number of nitrogens with two attached hydrogens (primary N) is 1. The maximum Gasteiger partial charge on any atom is 0.295 e. The van der Waals surface area contributed by atoms with Crippen molar-refractivity contribution in [1.29, 1.82) is 0 Å². The molecule has 8 heteroatoms. The van der Waals surface area contributed by atoms with Crippen molar-refractivity contribution in [2.24, 2.45) is 0 Å². The minimum absolute atomic E-state index is 0.0220. The number of anilines is 1. The summed E-state index contributed by atoms with van der Waals surface area (Å²) in [6.45, 7) is 0.786. The van der Waals surface area contributed by atoms with Crippen molar-refractivity contribution in [3.8, 4) is 0 Å². The number of nitrogen functional groups attached to an aromatic ring is 1. The van der Waals surface area contributed by atoms with Crippen LogP contribution in [-0.2, 0) is 4.74 Å². The smallest absolute Gasteiger partial charge is 0.295 e. The first kappa shape index (κ1) is 15.7. The second kappa shape index (κ2) is 6.11. The zero-order chi connectivity index (χ0) is 16.6. The van der Waals surface area contributed by atoms with E-state index in [9.17, 15) is 19.3 Å². The predicted molar refractivity (Wildman–Crippen MR) is 80.5 cm³/mol. The lowest BCUT2D eigenvalue weighted by molar-refractivity contribution is -0.384. The van der Waals surface area contributed by atoms with Gasteiger partial charge >= 0.3 is 0 Å². The van der Waals surface area contributed by atoms with Crippen LogP contribution in [0.1, 0.15) is 36.0 Å². The molecule has 0 unspecified atom stereocenters. The average molecular weight is 323 g/mol. The molecular weight excluding hydrogens is 305 g/mol. The summed E-state index contributed by atoms with van der Waals surface area (Å²) in [5.41, 5.74) is 4.72. The van der Waals surface area contributed by atoms with Crippen LogP contribution in [0, 0.1) is 15.9 Å². The van der Waals surface area contributed by atoms with Crippen molar-refractivity contribution in [3.05, 3.63) is 33.6 Å². The molecule has 1 saturated heterocycles. The van der Waals surface area contributed by atoms with Crippen LogP contribution < -0.4 is 5.73 Å². The SMILES string of the molecule is Nc1c(C(=O)N2CCO[C@@H]3CCCC[C@@H]32)cc(F)cc1[N+](=O)[O-]. The van der Waals surface area contributed by atoms with Gasteiger partial charge in [-0.3, -0.25) is 14.9 Å². The highest BCUT2D eigenvalue weighted by Gasteiger charge is 2.38. The molecule has 2 N–H and O–H groups in total. The Kier molecular flexibility index (Phi) is 4.16. The Balaban J connectivity index is 1.95. The molecule has 0 spiro atoms. The lowest BCUT2D eigenvalue weighted by atomic mass is 9.89. The topological polar surface area (TPSA) is 98.7 Å². The Morgan fingerprint density at radius 1 is 1.39 bits per heavy atom. The van der Waals surface area contributed by atoms with Crippen LogP contribution in [-0.4, -0.2) is 41.0 Å². The van der Waals surface area contributed by atoms with E-state index >= 15 is 0 Å². The monoisotopic (exact) mass is 323 g/mol. The number of nitro benzene ring substituents is 1. The number of amides is 1. The van der Waals surface area contributed by atoms with E-state index in [0.29, 0.717) is 13.2 Å². The molecule has 1 amide bonds. The third kappa shape index (κ3) is 2.86. The molecule has 124 valence electrons. The number of rotatable bonds is 2. The minimum Gasteiger partial charge on any atom is -0.393 e. The maximum absolute atomic E-state index is 13.7. The van der Waals surface area contributed by atoms with Crippen LogP contribution >= 0.6 is 0 Å². The van der Waals surface area contributed by atoms with E-state index in [4.69, 9.17) is 10.5 Å².